The molecule has 4 saturated heterocycles. The Kier molecular flexibility index (Phi) is 10.2. The molecule has 0 spiro atoms. The van der Waals surface area contributed by atoms with Gasteiger partial charge in [0.2, 0.25) is 0 Å². The average Bonchev–Trinajstić information content (AvgIpc) is 3.25. The fourth-order valence-corrected chi connectivity index (χ4v) is 10.7. The lowest BCUT2D eigenvalue weighted by Gasteiger charge is -2.29. The van der Waals surface area contributed by atoms with Crippen molar-refractivity contribution in [2.75, 3.05) is 0 Å². The molecule has 0 aromatic heterocycles. The Labute approximate surface area is 268 Å². The van der Waals surface area contributed by atoms with Crippen LogP contribution in [0.4, 0.5) is 0 Å². The average molecular weight is 684 g/mol. The number of piperidine rings is 2. The van der Waals surface area contributed by atoms with Crippen LogP contribution in [0.5, 0.6) is 0 Å². The number of rotatable bonds is 4. The van der Waals surface area contributed by atoms with Gasteiger partial charge in [0.25, 0.3) is 0 Å². The molecular weight excluding hydrogens is 647 g/mol. The highest BCUT2D eigenvalue weighted by atomic mass is 35.5. The lowest BCUT2D eigenvalue weighted by atomic mass is 9.92. The predicted molar refractivity (Wildman–Crippen MR) is 169 cm³/mol. The fourth-order valence-electron chi connectivity index (χ4n) is 6.75. The van der Waals surface area contributed by atoms with Gasteiger partial charge in [0.05, 0.1) is 26.6 Å². The number of nitrogens with one attached hydrogen (secondary N) is 2. The number of carbonyl (C=O) groups is 2. The van der Waals surface area contributed by atoms with Crippen LogP contribution in [0.2, 0.25) is 10.0 Å². The highest BCUT2D eigenvalue weighted by Gasteiger charge is 2.40. The van der Waals surface area contributed by atoms with E-state index in [9.17, 15) is 31.5 Å². The molecule has 6 atom stereocenters. The van der Waals surface area contributed by atoms with Crippen molar-refractivity contribution in [3.05, 3.63) is 70.4 Å². The van der Waals surface area contributed by atoms with E-state index >= 15 is 0 Å². The molecule has 44 heavy (non-hydrogen) atoms. The van der Waals surface area contributed by atoms with Crippen LogP contribution in [0.25, 0.3) is 0 Å². The van der Waals surface area contributed by atoms with Crippen LogP contribution in [-0.4, -0.2) is 68.2 Å². The quantitative estimate of drug-likeness (QED) is 0.307. The van der Waals surface area contributed by atoms with Gasteiger partial charge in [-0.2, -0.15) is 0 Å². The second-order valence-corrected chi connectivity index (χ2v) is 17.3. The van der Waals surface area contributed by atoms with E-state index in [0.717, 1.165) is 12.7 Å². The summed E-state index contributed by atoms with van der Waals surface area (Å²) >= 11 is 11.6. The van der Waals surface area contributed by atoms with E-state index in [1.807, 2.05) is 0 Å². The standard InChI is InChI=1S/C16H18ClNO4S.C15H18ClNO3S/c17-10-1-3-12(4-2-10)23(21,22)13-5-6-15-14(9-19)16(20)8-11(7-13)18-15;16-10-1-4-14(5-2-10)21(19,20)15-6-3-11-7-13(18)8-12(9-15)17-11/h1-4,9,11,13,15,18-19H,5-8H2;1-2,4-5,11-12,15,17H,3,6-9H2. The van der Waals surface area contributed by atoms with Gasteiger partial charge < -0.3 is 15.7 Å². The van der Waals surface area contributed by atoms with E-state index in [1.165, 1.54) is 12.1 Å². The second kappa shape index (κ2) is 13.6. The van der Waals surface area contributed by atoms with Crippen molar-refractivity contribution >= 4 is 54.4 Å². The minimum Gasteiger partial charge on any atom is -0.515 e. The highest BCUT2D eigenvalue weighted by molar-refractivity contribution is 7.92. The van der Waals surface area contributed by atoms with E-state index in [1.54, 1.807) is 36.4 Å². The van der Waals surface area contributed by atoms with Crippen LogP contribution < -0.4 is 10.6 Å². The topological polar surface area (TPSA) is 147 Å². The number of aliphatic hydroxyl groups excluding tert-OH is 1. The van der Waals surface area contributed by atoms with E-state index < -0.39 is 30.2 Å². The summed E-state index contributed by atoms with van der Waals surface area (Å²) in [6, 6.07) is 12.2. The van der Waals surface area contributed by atoms with Crippen LogP contribution in [0, 0.1) is 0 Å². The number of hydrogen-bond acceptors (Lipinski definition) is 9. The summed E-state index contributed by atoms with van der Waals surface area (Å²) in [6.45, 7) is 0. The fraction of sp³-hybridized carbons (Fsp3) is 0.484. The van der Waals surface area contributed by atoms with Gasteiger partial charge in [-0.05, 0) is 87.1 Å². The zero-order valence-corrected chi connectivity index (χ0v) is 27.1. The number of ketones is 2. The zero-order valence-electron chi connectivity index (χ0n) is 24.0. The van der Waals surface area contributed by atoms with Crippen molar-refractivity contribution < 1.29 is 31.5 Å². The van der Waals surface area contributed by atoms with Crippen LogP contribution in [-0.2, 0) is 29.3 Å². The summed E-state index contributed by atoms with van der Waals surface area (Å²) in [5.41, 5.74) is 0.353. The maximum absolute atomic E-state index is 12.9. The molecule has 238 valence electrons. The van der Waals surface area contributed by atoms with Gasteiger partial charge in [-0.1, -0.05) is 23.2 Å². The van der Waals surface area contributed by atoms with Gasteiger partial charge in [0, 0.05) is 59.0 Å². The Morgan fingerprint density at radius 3 is 1.66 bits per heavy atom. The number of halogens is 2. The molecule has 2 aromatic rings. The molecule has 4 bridgehead atoms. The van der Waals surface area contributed by atoms with Crippen LogP contribution >= 0.6 is 23.2 Å². The monoisotopic (exact) mass is 682 g/mol. The summed E-state index contributed by atoms with van der Waals surface area (Å²) in [5, 5.41) is 16.0. The first kappa shape index (κ1) is 33.1. The zero-order chi connectivity index (χ0) is 31.6. The molecule has 4 aliphatic heterocycles. The Morgan fingerprint density at radius 1 is 0.659 bits per heavy atom. The summed E-state index contributed by atoms with van der Waals surface area (Å²) in [5.74, 6) is 0.138. The number of hydrogen-bond donors (Lipinski definition) is 3. The van der Waals surface area contributed by atoms with Crippen LogP contribution in [0.3, 0.4) is 0 Å². The third kappa shape index (κ3) is 7.40. The predicted octanol–water partition coefficient (Wildman–Crippen LogP) is 4.76. The largest absolute Gasteiger partial charge is 0.515 e. The van der Waals surface area contributed by atoms with E-state index in [-0.39, 0.29) is 47.1 Å². The van der Waals surface area contributed by atoms with Gasteiger partial charge in [0.1, 0.15) is 5.78 Å². The molecule has 0 radical (unpaired) electrons. The maximum atomic E-state index is 12.9. The number of benzene rings is 2. The lowest BCUT2D eigenvalue weighted by Crippen LogP contribution is -2.46. The molecule has 3 N–H and O–H groups in total. The number of aliphatic hydroxyl groups is 1. The molecule has 4 aliphatic rings. The number of carbonyl (C=O) groups excluding carboxylic acids is 2. The van der Waals surface area contributed by atoms with Crippen LogP contribution in [0.15, 0.2) is 70.2 Å². The van der Waals surface area contributed by atoms with Crippen molar-refractivity contribution in [2.45, 2.75) is 102 Å². The van der Waals surface area contributed by atoms with Crippen molar-refractivity contribution in [2.24, 2.45) is 0 Å². The second-order valence-electron chi connectivity index (χ2n) is 12.0. The van der Waals surface area contributed by atoms with Gasteiger partial charge in [0.15, 0.2) is 25.5 Å². The molecule has 2 aromatic carbocycles. The smallest absolute Gasteiger partial charge is 0.181 e. The maximum Gasteiger partial charge on any atom is 0.181 e. The summed E-state index contributed by atoms with van der Waals surface area (Å²) in [4.78, 5) is 24.3. The number of Topliss-reactive ketones (excluding diaryl/α,β-unsaturated/α-hetero) is 2. The molecule has 0 saturated carbocycles. The third-order valence-electron chi connectivity index (χ3n) is 9.00. The molecule has 9 nitrogen and oxygen atoms in total. The first-order valence-corrected chi connectivity index (χ1v) is 18.6. The highest BCUT2D eigenvalue weighted by Crippen LogP contribution is 2.33. The van der Waals surface area contributed by atoms with Gasteiger partial charge >= 0.3 is 0 Å². The molecule has 4 heterocycles. The summed E-state index contributed by atoms with van der Waals surface area (Å²) in [7, 11) is -6.84. The minimum absolute atomic E-state index is 0.00850. The SMILES string of the molecule is O=C1CC2CC(S(=O)(=O)c3ccc(Cl)cc3)CCC(N2)C1=CO.O=C1CC2CCC(S(=O)(=O)c3ccc(Cl)cc3)CC(C1)N2. The summed E-state index contributed by atoms with van der Waals surface area (Å²) < 4.78 is 51.2. The molecule has 4 fully saturated rings. The molecule has 0 aliphatic carbocycles. The van der Waals surface area contributed by atoms with Gasteiger partial charge in [-0.25, -0.2) is 16.8 Å². The van der Waals surface area contributed by atoms with Crippen molar-refractivity contribution in [1.29, 1.82) is 0 Å². The molecule has 6 rings (SSSR count). The number of fused-ring (bicyclic) bond motifs is 4. The normalized spacial score (nSPS) is 30.1. The van der Waals surface area contributed by atoms with Gasteiger partial charge in [-0.3, -0.25) is 9.59 Å². The summed E-state index contributed by atoms with van der Waals surface area (Å²) in [6.07, 6.45) is 5.24. The minimum atomic E-state index is -3.47. The molecule has 6 unspecified atom stereocenters. The van der Waals surface area contributed by atoms with E-state index in [0.29, 0.717) is 65.5 Å². The van der Waals surface area contributed by atoms with E-state index in [2.05, 4.69) is 10.6 Å². The van der Waals surface area contributed by atoms with Crippen molar-refractivity contribution in [3.63, 3.8) is 0 Å². The Balaban J connectivity index is 0.000000175. The first-order valence-electron chi connectivity index (χ1n) is 14.8. The Hall–Kier alpha value is -2.28. The first-order chi connectivity index (χ1) is 20.9. The molecule has 0 amide bonds. The Bertz CT molecular complexity index is 1630. The third-order valence-corrected chi connectivity index (χ3v) is 14.0. The van der Waals surface area contributed by atoms with Crippen LogP contribution in [0.1, 0.15) is 57.8 Å². The molecule has 13 heteroatoms. The van der Waals surface area contributed by atoms with Crippen molar-refractivity contribution in [1.82, 2.24) is 10.6 Å². The Morgan fingerprint density at radius 2 is 1.14 bits per heavy atom. The van der Waals surface area contributed by atoms with E-state index in [4.69, 9.17) is 23.2 Å². The van der Waals surface area contributed by atoms with Crippen molar-refractivity contribution in [3.8, 4) is 0 Å². The number of sulfone groups is 2. The lowest BCUT2D eigenvalue weighted by molar-refractivity contribution is -0.121. The van der Waals surface area contributed by atoms with Gasteiger partial charge in [-0.15, -0.1) is 0 Å². The molecular formula is C31H36Cl2N2O7S2.